The van der Waals surface area contributed by atoms with Gasteiger partial charge in [0.15, 0.2) is 0 Å². The number of aliphatic hydroxyl groups excluding tert-OH is 3. The van der Waals surface area contributed by atoms with E-state index in [2.05, 4.69) is 25.3 Å². The molecular weight excluding hydrogens is 326 g/mol. The lowest BCUT2D eigenvalue weighted by Crippen LogP contribution is -2.72. The standard InChI is InChI=1S/C22H33NO3/c1-4-23-10-20(3)7-6-15(24)22-14(20)9-13(18(22)23)21-8-5-12(11(2)19(21)26)16(25)17(21)22/h12-19,24-26H,2,4-10H2,1,3H3/t12-,13?,14-,15+,16+,17-,18-,19-,20+,21+,22?/m1/s1. The number of hydrogen-bond acceptors (Lipinski definition) is 4. The quantitative estimate of drug-likeness (QED) is 0.625. The maximum Gasteiger partial charge on any atom is 0.0814 e. The summed E-state index contributed by atoms with van der Waals surface area (Å²) in [6.07, 6.45) is 3.73. The van der Waals surface area contributed by atoms with E-state index >= 15 is 0 Å². The van der Waals surface area contributed by atoms with E-state index in [-0.39, 0.29) is 34.2 Å². The zero-order chi connectivity index (χ0) is 18.2. The summed E-state index contributed by atoms with van der Waals surface area (Å²) in [7, 11) is 0. The molecule has 7 rings (SSSR count). The number of piperidine rings is 1. The van der Waals surface area contributed by atoms with Crippen LogP contribution < -0.4 is 0 Å². The van der Waals surface area contributed by atoms with Gasteiger partial charge in [-0.25, -0.2) is 0 Å². The first kappa shape index (κ1) is 16.5. The van der Waals surface area contributed by atoms with E-state index in [0.717, 1.165) is 50.8 Å². The molecule has 0 aromatic rings. The molecule has 6 saturated carbocycles. The molecule has 3 N–H and O–H groups in total. The van der Waals surface area contributed by atoms with E-state index in [1.807, 2.05) is 0 Å². The van der Waals surface area contributed by atoms with Crippen molar-refractivity contribution < 1.29 is 15.3 Å². The van der Waals surface area contributed by atoms with Crippen LogP contribution in [-0.4, -0.2) is 57.7 Å². The normalized spacial score (nSPS) is 65.5. The van der Waals surface area contributed by atoms with Crippen LogP contribution in [0, 0.1) is 39.9 Å². The number of hydrogen-bond donors (Lipinski definition) is 3. The van der Waals surface area contributed by atoms with Gasteiger partial charge in [0.05, 0.1) is 18.3 Å². The first-order valence-corrected chi connectivity index (χ1v) is 10.8. The smallest absolute Gasteiger partial charge is 0.0814 e. The van der Waals surface area contributed by atoms with Crippen molar-refractivity contribution in [2.75, 3.05) is 13.1 Å². The van der Waals surface area contributed by atoms with Crippen LogP contribution in [0.5, 0.6) is 0 Å². The molecule has 0 aromatic heterocycles. The van der Waals surface area contributed by atoms with Gasteiger partial charge in [-0.1, -0.05) is 20.4 Å². The van der Waals surface area contributed by atoms with E-state index in [4.69, 9.17) is 0 Å². The third kappa shape index (κ3) is 1.34. The maximum absolute atomic E-state index is 11.5. The molecule has 0 radical (unpaired) electrons. The second-order valence-electron chi connectivity index (χ2n) is 10.8. The topological polar surface area (TPSA) is 63.9 Å². The molecule has 7 fully saturated rings. The third-order valence-corrected chi connectivity index (χ3v) is 10.5. The fourth-order valence-electron chi connectivity index (χ4n) is 10.0. The van der Waals surface area contributed by atoms with Crippen LogP contribution in [0.15, 0.2) is 12.2 Å². The summed E-state index contributed by atoms with van der Waals surface area (Å²) in [5.74, 6) is 0.921. The van der Waals surface area contributed by atoms with Crippen molar-refractivity contribution in [3.05, 3.63) is 12.2 Å². The average Bonchev–Trinajstić information content (AvgIpc) is 3.06. The highest BCUT2D eigenvalue weighted by Gasteiger charge is 2.86. The third-order valence-electron chi connectivity index (χ3n) is 10.5. The lowest BCUT2D eigenvalue weighted by Gasteiger charge is -2.69. The van der Waals surface area contributed by atoms with Crippen molar-refractivity contribution >= 4 is 0 Å². The second-order valence-corrected chi connectivity index (χ2v) is 10.8. The lowest BCUT2D eigenvalue weighted by molar-refractivity contribution is -0.256. The Morgan fingerprint density at radius 1 is 1.19 bits per heavy atom. The lowest BCUT2D eigenvalue weighted by atomic mass is 9.38. The number of likely N-dealkylation sites (tertiary alicyclic amines) is 1. The minimum atomic E-state index is -0.500. The summed E-state index contributed by atoms with van der Waals surface area (Å²) in [5.41, 5.74) is 0.616. The van der Waals surface area contributed by atoms with Gasteiger partial charge in [-0.15, -0.1) is 0 Å². The van der Waals surface area contributed by atoms with Crippen molar-refractivity contribution in [3.8, 4) is 0 Å². The van der Waals surface area contributed by atoms with Gasteiger partial charge in [-0.05, 0) is 61.5 Å². The predicted octanol–water partition coefficient (Wildman–Crippen LogP) is 1.79. The second kappa shape index (κ2) is 4.59. The van der Waals surface area contributed by atoms with Crippen LogP contribution in [0.1, 0.15) is 46.0 Å². The van der Waals surface area contributed by atoms with Crippen molar-refractivity contribution in [3.63, 3.8) is 0 Å². The largest absolute Gasteiger partial charge is 0.392 e. The van der Waals surface area contributed by atoms with Gasteiger partial charge in [0.1, 0.15) is 0 Å². The first-order valence-electron chi connectivity index (χ1n) is 10.8. The predicted molar refractivity (Wildman–Crippen MR) is 98.2 cm³/mol. The van der Waals surface area contributed by atoms with Gasteiger partial charge in [-0.3, -0.25) is 4.90 Å². The maximum atomic E-state index is 11.5. The number of nitrogens with zero attached hydrogens (tertiary/aromatic N) is 1. The van der Waals surface area contributed by atoms with Crippen molar-refractivity contribution in [1.29, 1.82) is 0 Å². The van der Waals surface area contributed by atoms with E-state index in [9.17, 15) is 15.3 Å². The molecule has 7 aliphatic rings. The monoisotopic (exact) mass is 359 g/mol. The van der Waals surface area contributed by atoms with Gasteiger partial charge in [0, 0.05) is 35.3 Å². The molecule has 2 spiro atoms. The molecule has 4 heteroatoms. The van der Waals surface area contributed by atoms with Crippen LogP contribution in [0.4, 0.5) is 0 Å². The molecule has 7 bridgehead atoms. The zero-order valence-corrected chi connectivity index (χ0v) is 16.1. The van der Waals surface area contributed by atoms with Crippen molar-refractivity contribution in [2.45, 2.75) is 70.3 Å². The Hall–Kier alpha value is -0.420. The summed E-state index contributed by atoms with van der Waals surface area (Å²) in [4.78, 5) is 2.62. The molecule has 1 saturated heterocycles. The van der Waals surface area contributed by atoms with Gasteiger partial charge in [0.2, 0.25) is 0 Å². The van der Waals surface area contributed by atoms with Crippen LogP contribution >= 0.6 is 0 Å². The minimum Gasteiger partial charge on any atom is -0.392 e. The molecule has 26 heavy (non-hydrogen) atoms. The van der Waals surface area contributed by atoms with Crippen molar-refractivity contribution in [2.24, 2.45) is 39.9 Å². The van der Waals surface area contributed by atoms with Crippen LogP contribution in [-0.2, 0) is 0 Å². The highest BCUT2D eigenvalue weighted by Crippen LogP contribution is 2.83. The zero-order valence-electron chi connectivity index (χ0n) is 16.1. The minimum absolute atomic E-state index is 0.0155. The average molecular weight is 360 g/mol. The van der Waals surface area contributed by atoms with Gasteiger partial charge < -0.3 is 15.3 Å². The van der Waals surface area contributed by atoms with Crippen molar-refractivity contribution in [1.82, 2.24) is 4.90 Å². The van der Waals surface area contributed by atoms with Crippen LogP contribution in [0.3, 0.4) is 0 Å². The van der Waals surface area contributed by atoms with Gasteiger partial charge in [-0.2, -0.15) is 0 Å². The Morgan fingerprint density at radius 2 is 1.96 bits per heavy atom. The molecule has 2 unspecified atom stereocenters. The molecule has 1 aliphatic heterocycles. The molecular formula is C22H33NO3. The van der Waals surface area contributed by atoms with Crippen LogP contribution in [0.2, 0.25) is 0 Å². The molecule has 144 valence electrons. The number of rotatable bonds is 1. The van der Waals surface area contributed by atoms with Crippen LogP contribution in [0.25, 0.3) is 0 Å². The van der Waals surface area contributed by atoms with Gasteiger partial charge >= 0.3 is 0 Å². The molecule has 0 amide bonds. The summed E-state index contributed by atoms with van der Waals surface area (Å²) in [6.45, 7) is 11.0. The Balaban J connectivity index is 1.63. The Bertz CT molecular complexity index is 695. The Morgan fingerprint density at radius 3 is 2.69 bits per heavy atom. The highest BCUT2D eigenvalue weighted by molar-refractivity contribution is 5.39. The fraction of sp³-hybridized carbons (Fsp3) is 0.909. The number of aliphatic hydroxyl groups is 3. The van der Waals surface area contributed by atoms with E-state index in [0.29, 0.717) is 17.9 Å². The number of fused-ring (bicyclic) bond motifs is 2. The fourth-order valence-corrected chi connectivity index (χ4v) is 10.0. The van der Waals surface area contributed by atoms with E-state index < -0.39 is 12.2 Å². The molecule has 6 aliphatic carbocycles. The summed E-state index contributed by atoms with van der Waals surface area (Å²) >= 11 is 0. The molecule has 11 atom stereocenters. The molecule has 0 aromatic carbocycles. The summed E-state index contributed by atoms with van der Waals surface area (Å²) in [6, 6.07) is 0.319. The molecule has 4 nitrogen and oxygen atoms in total. The Labute approximate surface area is 156 Å². The first-order chi connectivity index (χ1) is 12.3. The van der Waals surface area contributed by atoms with E-state index in [1.54, 1.807) is 0 Å². The SMILES string of the molecule is C=C1[C@H]2CC[C@@]3(C4C[C@H]5C6([C@@H](O)CC[C@@]5(C)CN(CC)[C@H]46)[C@@H]3[C@H]2O)[C@@H]1O. The summed E-state index contributed by atoms with van der Waals surface area (Å²) in [5, 5.41) is 34.4. The highest BCUT2D eigenvalue weighted by atomic mass is 16.3. The Kier molecular flexibility index (Phi) is 2.92. The summed E-state index contributed by atoms with van der Waals surface area (Å²) < 4.78 is 0. The van der Waals surface area contributed by atoms with Gasteiger partial charge in [0.25, 0.3) is 0 Å². The molecule has 1 heterocycles. The van der Waals surface area contributed by atoms with E-state index in [1.165, 1.54) is 0 Å².